The average molecular weight is 933 g/mol. The molecular weight excluding hydrogens is 897 g/mol. The third-order valence-corrected chi connectivity index (χ3v) is 15.3. The second kappa shape index (κ2) is 16.5. The van der Waals surface area contributed by atoms with Crippen molar-refractivity contribution in [1.29, 1.82) is 21.0 Å². The maximum atomic E-state index is 9.83. The number of hydrogen-bond acceptors (Lipinski definition) is 4. The molecule has 74 heavy (non-hydrogen) atoms. The number of nitriles is 4. The van der Waals surface area contributed by atoms with Gasteiger partial charge in [0.1, 0.15) is 0 Å². The minimum absolute atomic E-state index is 0.596. The van der Waals surface area contributed by atoms with Crippen molar-refractivity contribution < 1.29 is 0 Å². The van der Waals surface area contributed by atoms with Gasteiger partial charge in [0.05, 0.1) is 46.5 Å². The van der Waals surface area contributed by atoms with Crippen molar-refractivity contribution in [1.82, 2.24) is 0 Å². The Morgan fingerprint density at radius 1 is 0.203 bits per heavy atom. The van der Waals surface area contributed by atoms with Crippen LogP contribution in [0.3, 0.4) is 0 Å². The molecule has 13 aromatic rings. The maximum absolute atomic E-state index is 9.83. The molecule has 0 radical (unpaired) electrons. The summed E-state index contributed by atoms with van der Waals surface area (Å²) < 4.78 is 0. The van der Waals surface area contributed by atoms with Crippen LogP contribution in [0.1, 0.15) is 22.3 Å². The van der Waals surface area contributed by atoms with Gasteiger partial charge in [0.2, 0.25) is 0 Å². The van der Waals surface area contributed by atoms with E-state index in [9.17, 15) is 21.0 Å². The summed E-state index contributed by atoms with van der Waals surface area (Å²) in [6.45, 7) is 0. The zero-order valence-corrected chi connectivity index (χ0v) is 39.6. The lowest BCUT2D eigenvalue weighted by atomic mass is 9.80. The smallest absolute Gasteiger partial charge is 0.0991 e. The fraction of sp³-hybridized carbons (Fsp3) is 0. The molecule has 0 fully saturated rings. The first kappa shape index (κ1) is 42.3. The van der Waals surface area contributed by atoms with Crippen LogP contribution >= 0.6 is 0 Å². The van der Waals surface area contributed by atoms with E-state index < -0.39 is 0 Å². The number of hydrogen-bond donors (Lipinski definition) is 0. The minimum atomic E-state index is 0.596. The standard InChI is InChI=1S/C70H36N4/c71-37-41-11-19-45(20-12-41)51-27-29-53-55-31-33-57-68-58(34-32-56(67(55)68)54-30-28-52(65(51)66(53)54)46-21-13-42(38-72)14-22-46)70-64(50-9-5-2-6-10-50)62-36-60(48-25-17-44(40-74)18-26-48)59(47-23-15-43(39-73)16-24-47)35-61(62)63(69(57)70)49-7-3-1-4-8-49/h1-36H. The highest BCUT2D eigenvalue weighted by Gasteiger charge is 2.33. The molecule has 0 amide bonds. The summed E-state index contributed by atoms with van der Waals surface area (Å²) in [6.07, 6.45) is 0. The van der Waals surface area contributed by atoms with Crippen LogP contribution in [0.4, 0.5) is 0 Å². The van der Waals surface area contributed by atoms with Crippen LogP contribution in [-0.2, 0) is 0 Å². The predicted molar refractivity (Wildman–Crippen MR) is 301 cm³/mol. The van der Waals surface area contributed by atoms with Crippen LogP contribution in [0.15, 0.2) is 218 Å². The van der Waals surface area contributed by atoms with Crippen molar-refractivity contribution in [3.63, 3.8) is 0 Å². The number of benzene rings is 13. The Labute approximate surface area is 426 Å². The monoisotopic (exact) mass is 932 g/mol. The number of rotatable bonds is 6. The second-order valence-electron chi connectivity index (χ2n) is 19.1. The van der Waals surface area contributed by atoms with Crippen LogP contribution in [0, 0.1) is 45.3 Å². The van der Waals surface area contributed by atoms with Crippen LogP contribution < -0.4 is 0 Å². The van der Waals surface area contributed by atoms with Gasteiger partial charge >= 0.3 is 0 Å². The van der Waals surface area contributed by atoms with Crippen molar-refractivity contribution in [2.75, 3.05) is 0 Å². The van der Waals surface area contributed by atoms with Crippen molar-refractivity contribution in [3.8, 4) is 113 Å². The normalized spacial score (nSPS) is 11.5. The first-order valence-electron chi connectivity index (χ1n) is 24.5. The van der Waals surface area contributed by atoms with Crippen LogP contribution in [0.25, 0.3) is 143 Å². The van der Waals surface area contributed by atoms with Gasteiger partial charge in [0.25, 0.3) is 0 Å². The van der Waals surface area contributed by atoms with Gasteiger partial charge < -0.3 is 0 Å². The van der Waals surface area contributed by atoms with E-state index in [1.54, 1.807) is 0 Å². The highest BCUT2D eigenvalue weighted by molar-refractivity contribution is 6.40. The molecular formula is C70H36N4. The van der Waals surface area contributed by atoms with Crippen LogP contribution in [-0.4, -0.2) is 0 Å². The largest absolute Gasteiger partial charge is 0.192 e. The Morgan fingerprint density at radius 2 is 0.486 bits per heavy atom. The number of nitrogens with zero attached hydrogens (tertiary/aromatic N) is 4. The molecule has 0 N–H and O–H groups in total. The fourth-order valence-corrected chi connectivity index (χ4v) is 12.0. The SMILES string of the molecule is N#Cc1ccc(-c2cc3c(-c4ccccc4)c4c(c(-c5ccccc5)c3cc2-c2ccc(C#N)cc2)-c2ccc3c5ccc(-c6ccc(C#N)cc6)c6c(-c7ccc(C#N)cc7)ccc(c7ccc-4c2c73)c65)cc1. The van der Waals surface area contributed by atoms with Gasteiger partial charge in [-0.3, -0.25) is 0 Å². The Balaban J connectivity index is 1.12. The Kier molecular flexibility index (Phi) is 9.42. The van der Waals surface area contributed by atoms with Crippen LogP contribution in [0.5, 0.6) is 0 Å². The quantitative estimate of drug-likeness (QED) is 0.123. The third kappa shape index (κ3) is 6.24. The van der Waals surface area contributed by atoms with Crippen molar-refractivity contribution in [2.24, 2.45) is 0 Å². The molecule has 0 heterocycles. The first-order chi connectivity index (χ1) is 36.5. The molecule has 4 nitrogen and oxygen atoms in total. The molecule has 0 atom stereocenters. The molecule has 14 rings (SSSR count). The van der Waals surface area contributed by atoms with E-state index in [1.807, 2.05) is 97.1 Å². The zero-order chi connectivity index (χ0) is 49.6. The van der Waals surface area contributed by atoms with Crippen molar-refractivity contribution in [3.05, 3.63) is 241 Å². The van der Waals surface area contributed by atoms with Crippen LogP contribution in [0.2, 0.25) is 0 Å². The van der Waals surface area contributed by atoms with Gasteiger partial charge in [0.15, 0.2) is 0 Å². The van der Waals surface area contributed by atoms with E-state index >= 15 is 0 Å². The van der Waals surface area contributed by atoms with E-state index in [1.165, 1.54) is 49.2 Å². The zero-order valence-electron chi connectivity index (χ0n) is 39.6. The van der Waals surface area contributed by atoms with E-state index in [2.05, 4.69) is 146 Å². The summed E-state index contributed by atoms with van der Waals surface area (Å²) in [5, 5.41) is 50.8. The lowest BCUT2D eigenvalue weighted by Crippen LogP contribution is -1.96. The molecule has 1 aliphatic rings. The molecule has 0 unspecified atom stereocenters. The second-order valence-corrected chi connectivity index (χ2v) is 19.1. The lowest BCUT2D eigenvalue weighted by Gasteiger charge is -2.23. The Hall–Kier alpha value is -10.6. The van der Waals surface area contributed by atoms with E-state index in [0.717, 1.165) is 93.7 Å². The Morgan fingerprint density at radius 3 is 0.797 bits per heavy atom. The van der Waals surface area contributed by atoms with Crippen molar-refractivity contribution in [2.45, 2.75) is 0 Å². The molecule has 4 heteroatoms. The van der Waals surface area contributed by atoms with Gasteiger partial charge in [-0.15, -0.1) is 0 Å². The summed E-state index contributed by atoms with van der Waals surface area (Å²) >= 11 is 0. The molecule has 0 bridgehead atoms. The highest BCUT2D eigenvalue weighted by atomic mass is 14.4. The summed E-state index contributed by atoms with van der Waals surface area (Å²) in [7, 11) is 0. The predicted octanol–water partition coefficient (Wildman–Crippen LogP) is 18.0. The maximum Gasteiger partial charge on any atom is 0.0991 e. The van der Waals surface area contributed by atoms with Crippen molar-refractivity contribution >= 4 is 53.9 Å². The molecule has 0 aromatic heterocycles. The lowest BCUT2D eigenvalue weighted by molar-refractivity contribution is 1.48. The van der Waals surface area contributed by atoms with E-state index in [-0.39, 0.29) is 0 Å². The molecule has 0 saturated carbocycles. The van der Waals surface area contributed by atoms with E-state index in [0.29, 0.717) is 22.3 Å². The first-order valence-corrected chi connectivity index (χ1v) is 24.5. The average Bonchev–Trinajstić information content (AvgIpc) is 3.81. The summed E-state index contributed by atoms with van der Waals surface area (Å²) in [6, 6.07) is 85.3. The highest BCUT2D eigenvalue weighted by Crippen LogP contribution is 2.61. The molecule has 1 aliphatic carbocycles. The van der Waals surface area contributed by atoms with Gasteiger partial charge in [-0.1, -0.05) is 158 Å². The summed E-state index contributed by atoms with van der Waals surface area (Å²) in [5.41, 5.74) is 20.0. The Bertz CT molecular complexity index is 4390. The van der Waals surface area contributed by atoms with E-state index in [4.69, 9.17) is 0 Å². The minimum Gasteiger partial charge on any atom is -0.192 e. The number of fused-ring (bicyclic) bond motifs is 6. The summed E-state index contributed by atoms with van der Waals surface area (Å²) in [4.78, 5) is 0. The van der Waals surface area contributed by atoms with Gasteiger partial charge in [0, 0.05) is 0 Å². The molecule has 0 saturated heterocycles. The van der Waals surface area contributed by atoms with Gasteiger partial charge in [-0.25, -0.2) is 0 Å². The fourth-order valence-electron chi connectivity index (χ4n) is 12.0. The van der Waals surface area contributed by atoms with Gasteiger partial charge in [-0.05, 0) is 204 Å². The summed E-state index contributed by atoms with van der Waals surface area (Å²) in [5.74, 6) is 0. The topological polar surface area (TPSA) is 95.2 Å². The van der Waals surface area contributed by atoms with Gasteiger partial charge in [-0.2, -0.15) is 21.0 Å². The molecule has 0 spiro atoms. The molecule has 0 aliphatic heterocycles. The third-order valence-electron chi connectivity index (χ3n) is 15.3. The molecule has 13 aromatic carbocycles. The molecule has 336 valence electrons.